The van der Waals surface area contributed by atoms with Crippen molar-refractivity contribution in [2.75, 3.05) is 21.3 Å². The predicted octanol–water partition coefficient (Wildman–Crippen LogP) is 4.19. The highest BCUT2D eigenvalue weighted by molar-refractivity contribution is 9.09. The highest BCUT2D eigenvalue weighted by Gasteiger charge is 2.21. The van der Waals surface area contributed by atoms with E-state index in [1.807, 2.05) is 12.1 Å². The molecule has 0 heterocycles. The number of methoxy groups -OCH3 is 3. The lowest BCUT2D eigenvalue weighted by Gasteiger charge is -2.19. The summed E-state index contributed by atoms with van der Waals surface area (Å²) in [6.07, 6.45) is 1.03. The molecule has 1 rings (SSSR count). The Morgan fingerprint density at radius 2 is 1.61 bits per heavy atom. The third-order valence-electron chi connectivity index (χ3n) is 2.75. The van der Waals surface area contributed by atoms with Crippen LogP contribution in [-0.2, 0) is 0 Å². The van der Waals surface area contributed by atoms with E-state index in [9.17, 15) is 0 Å². The van der Waals surface area contributed by atoms with Gasteiger partial charge in [-0.25, -0.2) is 0 Å². The molecule has 1 aromatic rings. The monoisotopic (exact) mass is 316 g/mol. The molecule has 0 aliphatic carbocycles. The van der Waals surface area contributed by atoms with Gasteiger partial charge in [0.2, 0.25) is 5.75 Å². The van der Waals surface area contributed by atoms with Gasteiger partial charge in [-0.15, -0.1) is 0 Å². The molecule has 18 heavy (non-hydrogen) atoms. The first-order valence-corrected chi connectivity index (χ1v) is 6.89. The van der Waals surface area contributed by atoms with Crippen LogP contribution in [0.3, 0.4) is 0 Å². The normalized spacial score (nSPS) is 12.4. The summed E-state index contributed by atoms with van der Waals surface area (Å²) in [5.74, 6) is 2.67. The summed E-state index contributed by atoms with van der Waals surface area (Å²) in [5, 5.41) is 0. The van der Waals surface area contributed by atoms with E-state index in [0.717, 1.165) is 17.7 Å². The minimum atomic E-state index is 0.243. The van der Waals surface area contributed by atoms with Gasteiger partial charge in [-0.2, -0.15) is 0 Å². The predicted molar refractivity (Wildman–Crippen MR) is 77.2 cm³/mol. The van der Waals surface area contributed by atoms with Crippen LogP contribution in [0.4, 0.5) is 0 Å². The van der Waals surface area contributed by atoms with Gasteiger partial charge in [-0.3, -0.25) is 0 Å². The number of hydrogen-bond acceptors (Lipinski definition) is 3. The minimum absolute atomic E-state index is 0.243. The second-order valence-corrected chi connectivity index (χ2v) is 5.63. The molecule has 3 nitrogen and oxygen atoms in total. The van der Waals surface area contributed by atoms with Gasteiger partial charge >= 0.3 is 0 Å². The Hall–Kier alpha value is -0.900. The minimum Gasteiger partial charge on any atom is -0.493 e. The van der Waals surface area contributed by atoms with Crippen LogP contribution in [0.2, 0.25) is 0 Å². The first-order chi connectivity index (χ1) is 8.54. The van der Waals surface area contributed by atoms with E-state index in [1.54, 1.807) is 21.3 Å². The van der Waals surface area contributed by atoms with Crippen LogP contribution in [0, 0.1) is 5.92 Å². The van der Waals surface area contributed by atoms with Crippen molar-refractivity contribution in [1.29, 1.82) is 0 Å². The van der Waals surface area contributed by atoms with Gasteiger partial charge in [-0.05, 0) is 18.4 Å². The van der Waals surface area contributed by atoms with Crippen molar-refractivity contribution in [3.63, 3.8) is 0 Å². The summed E-state index contributed by atoms with van der Waals surface area (Å²) >= 11 is 3.71. The standard InChI is InChI=1S/C14H21BrO3/c1-9(2)8-11(15)10-6-7-12(16-3)14(18-5)13(10)17-4/h6-7,9,11H,8H2,1-5H3. The van der Waals surface area contributed by atoms with Crippen LogP contribution in [0.5, 0.6) is 17.2 Å². The highest BCUT2D eigenvalue weighted by Crippen LogP contribution is 2.45. The first-order valence-electron chi connectivity index (χ1n) is 5.98. The molecule has 0 spiro atoms. The number of rotatable bonds is 6. The lowest BCUT2D eigenvalue weighted by atomic mass is 10.0. The average Bonchev–Trinajstić information content (AvgIpc) is 2.35. The maximum absolute atomic E-state index is 5.48. The van der Waals surface area contributed by atoms with Crippen molar-refractivity contribution in [2.24, 2.45) is 5.92 Å². The fourth-order valence-electron chi connectivity index (χ4n) is 1.91. The van der Waals surface area contributed by atoms with Gasteiger partial charge in [0.15, 0.2) is 11.5 Å². The maximum atomic E-state index is 5.48. The van der Waals surface area contributed by atoms with Crippen molar-refractivity contribution in [3.05, 3.63) is 17.7 Å². The third-order valence-corrected chi connectivity index (χ3v) is 3.62. The van der Waals surface area contributed by atoms with Crippen molar-refractivity contribution in [3.8, 4) is 17.2 Å². The molecule has 0 bridgehead atoms. The van der Waals surface area contributed by atoms with Crippen LogP contribution in [0.25, 0.3) is 0 Å². The summed E-state index contributed by atoms with van der Waals surface area (Å²) in [4.78, 5) is 0.243. The van der Waals surface area contributed by atoms with Gasteiger partial charge in [0, 0.05) is 10.4 Å². The van der Waals surface area contributed by atoms with Gasteiger partial charge in [0.25, 0.3) is 0 Å². The Balaban J connectivity index is 3.20. The third kappa shape index (κ3) is 3.31. The quantitative estimate of drug-likeness (QED) is 0.736. The van der Waals surface area contributed by atoms with Crippen molar-refractivity contribution in [2.45, 2.75) is 25.1 Å². The van der Waals surface area contributed by atoms with E-state index in [4.69, 9.17) is 14.2 Å². The van der Waals surface area contributed by atoms with Crippen LogP contribution in [0.15, 0.2) is 12.1 Å². The van der Waals surface area contributed by atoms with Crippen molar-refractivity contribution in [1.82, 2.24) is 0 Å². The SMILES string of the molecule is COc1ccc(C(Br)CC(C)C)c(OC)c1OC. The molecular formula is C14H21BrO3. The molecule has 102 valence electrons. The molecule has 0 saturated carbocycles. The van der Waals surface area contributed by atoms with Gasteiger partial charge in [0.1, 0.15) is 0 Å². The molecule has 1 atom stereocenters. The fourth-order valence-corrected chi connectivity index (χ4v) is 3.02. The molecule has 1 aromatic carbocycles. The Kier molecular flexibility index (Phi) is 5.79. The van der Waals surface area contributed by atoms with Crippen LogP contribution >= 0.6 is 15.9 Å². The molecule has 0 fully saturated rings. The van der Waals surface area contributed by atoms with Gasteiger partial charge in [0.05, 0.1) is 21.3 Å². The Labute approximate surface area is 118 Å². The van der Waals surface area contributed by atoms with E-state index >= 15 is 0 Å². The molecule has 4 heteroatoms. The molecule has 0 N–H and O–H groups in total. The molecule has 0 saturated heterocycles. The summed E-state index contributed by atoms with van der Waals surface area (Å²) in [6, 6.07) is 3.92. The number of alkyl halides is 1. The van der Waals surface area contributed by atoms with Crippen molar-refractivity contribution >= 4 is 15.9 Å². The van der Waals surface area contributed by atoms with Gasteiger partial charge in [-0.1, -0.05) is 35.8 Å². The zero-order chi connectivity index (χ0) is 13.7. The largest absolute Gasteiger partial charge is 0.493 e. The molecule has 1 unspecified atom stereocenters. The first kappa shape index (κ1) is 15.2. The average molecular weight is 317 g/mol. The lowest BCUT2D eigenvalue weighted by molar-refractivity contribution is 0.321. The molecule has 0 aliphatic heterocycles. The van der Waals surface area contributed by atoms with E-state index in [1.165, 1.54) is 0 Å². The van der Waals surface area contributed by atoms with Crippen molar-refractivity contribution < 1.29 is 14.2 Å². The Bertz CT molecular complexity index is 391. The molecule has 0 radical (unpaired) electrons. The fraction of sp³-hybridized carbons (Fsp3) is 0.571. The molecular weight excluding hydrogens is 296 g/mol. The summed E-state index contributed by atoms with van der Waals surface area (Å²) in [6.45, 7) is 4.39. The van der Waals surface area contributed by atoms with E-state index in [-0.39, 0.29) is 4.83 Å². The molecule has 0 aliphatic rings. The van der Waals surface area contributed by atoms with Crippen LogP contribution in [0.1, 0.15) is 30.7 Å². The lowest BCUT2D eigenvalue weighted by Crippen LogP contribution is -2.02. The number of ether oxygens (including phenoxy) is 3. The summed E-state index contributed by atoms with van der Waals surface area (Å²) in [7, 11) is 4.89. The smallest absolute Gasteiger partial charge is 0.203 e. The number of halogens is 1. The number of hydrogen-bond donors (Lipinski definition) is 0. The second-order valence-electron chi connectivity index (χ2n) is 4.52. The van der Waals surface area contributed by atoms with E-state index in [0.29, 0.717) is 17.4 Å². The zero-order valence-electron chi connectivity index (χ0n) is 11.6. The van der Waals surface area contributed by atoms with E-state index < -0.39 is 0 Å². The maximum Gasteiger partial charge on any atom is 0.203 e. The number of benzene rings is 1. The van der Waals surface area contributed by atoms with Gasteiger partial charge < -0.3 is 14.2 Å². The molecule has 0 aromatic heterocycles. The summed E-state index contributed by atoms with van der Waals surface area (Å²) in [5.41, 5.74) is 1.09. The Morgan fingerprint density at radius 3 is 2.06 bits per heavy atom. The second kappa shape index (κ2) is 6.88. The van der Waals surface area contributed by atoms with Crippen LogP contribution < -0.4 is 14.2 Å². The van der Waals surface area contributed by atoms with E-state index in [2.05, 4.69) is 29.8 Å². The van der Waals surface area contributed by atoms with Crippen LogP contribution in [-0.4, -0.2) is 21.3 Å². The Morgan fingerprint density at radius 1 is 1.00 bits per heavy atom. The zero-order valence-corrected chi connectivity index (χ0v) is 13.2. The molecule has 0 amide bonds. The topological polar surface area (TPSA) is 27.7 Å². The highest BCUT2D eigenvalue weighted by atomic mass is 79.9. The summed E-state index contributed by atoms with van der Waals surface area (Å²) < 4.78 is 16.1.